The number of carbonyl (C=O) groups excluding carboxylic acids is 1. The monoisotopic (exact) mass is 291 g/mol. The Balaban J connectivity index is 2.21. The maximum atomic E-state index is 12.1. The second kappa shape index (κ2) is 6.25. The fourth-order valence-electron chi connectivity index (χ4n) is 1.74. The van der Waals surface area contributed by atoms with Crippen LogP contribution in [0.3, 0.4) is 0 Å². The molecule has 0 saturated carbocycles. The van der Waals surface area contributed by atoms with Crippen LogP contribution < -0.4 is 5.32 Å². The molecule has 20 heavy (non-hydrogen) atoms. The third kappa shape index (κ3) is 3.00. The second-order valence-corrected chi connectivity index (χ2v) is 4.81. The Kier molecular flexibility index (Phi) is 4.41. The van der Waals surface area contributed by atoms with Crippen LogP contribution in [-0.2, 0) is 11.2 Å². The third-order valence-corrected chi connectivity index (χ3v) is 3.52. The molecule has 0 aliphatic heterocycles. The van der Waals surface area contributed by atoms with Gasteiger partial charge < -0.3 is 10.4 Å². The van der Waals surface area contributed by atoms with E-state index in [4.69, 9.17) is 0 Å². The molecule has 1 aromatic heterocycles. The molecule has 0 bridgehead atoms. The number of aliphatic carboxylic acids is 1. The van der Waals surface area contributed by atoms with Crippen molar-refractivity contribution in [2.45, 2.75) is 19.4 Å². The zero-order chi connectivity index (χ0) is 14.5. The minimum absolute atomic E-state index is 0.356. The number of aromatic nitrogens is 2. The lowest BCUT2D eigenvalue weighted by atomic mass is 10.1. The van der Waals surface area contributed by atoms with Crippen LogP contribution in [0.5, 0.6) is 0 Å². The van der Waals surface area contributed by atoms with E-state index in [0.29, 0.717) is 22.6 Å². The maximum Gasteiger partial charge on any atom is 0.330 e. The molecule has 0 aliphatic rings. The number of nitrogens with one attached hydrogen (secondary N) is 1. The van der Waals surface area contributed by atoms with Crippen LogP contribution in [0.25, 0.3) is 0 Å². The Morgan fingerprint density at radius 3 is 2.65 bits per heavy atom. The first kappa shape index (κ1) is 14.1. The number of rotatable bonds is 5. The lowest BCUT2D eigenvalue weighted by molar-refractivity contribution is -0.139. The molecule has 0 unspecified atom stereocenters. The predicted molar refractivity (Wildman–Crippen MR) is 73.6 cm³/mol. The van der Waals surface area contributed by atoms with Crippen molar-refractivity contribution < 1.29 is 14.7 Å². The molecule has 2 N–H and O–H groups in total. The second-order valence-electron chi connectivity index (χ2n) is 4.06. The largest absolute Gasteiger partial charge is 0.479 e. The summed E-state index contributed by atoms with van der Waals surface area (Å²) in [6.07, 6.45) is 0.572. The first-order chi connectivity index (χ1) is 9.63. The summed E-state index contributed by atoms with van der Waals surface area (Å²) in [6.45, 7) is 1.86. The Hall–Kier alpha value is -2.28. The van der Waals surface area contributed by atoms with Crippen LogP contribution in [0.4, 0.5) is 0 Å². The third-order valence-electron chi connectivity index (χ3n) is 2.75. The van der Waals surface area contributed by atoms with Gasteiger partial charge in [-0.3, -0.25) is 4.79 Å². The van der Waals surface area contributed by atoms with Gasteiger partial charge in [0.2, 0.25) is 0 Å². The van der Waals surface area contributed by atoms with Gasteiger partial charge in [0.25, 0.3) is 5.91 Å². The summed E-state index contributed by atoms with van der Waals surface area (Å²) in [5.41, 5.74) is 1.09. The molecule has 1 amide bonds. The van der Waals surface area contributed by atoms with Crippen LogP contribution in [0.1, 0.15) is 33.9 Å². The topological polar surface area (TPSA) is 92.2 Å². The molecule has 2 rings (SSSR count). The number of carboxylic acids is 1. The van der Waals surface area contributed by atoms with Crippen molar-refractivity contribution in [2.75, 3.05) is 0 Å². The summed E-state index contributed by atoms with van der Waals surface area (Å²) in [5.74, 6) is -1.58. The Morgan fingerprint density at radius 2 is 2.05 bits per heavy atom. The fraction of sp³-hybridized carbons (Fsp3) is 0.231. The molecule has 104 valence electrons. The molecule has 0 fully saturated rings. The molecule has 6 nitrogen and oxygen atoms in total. The zero-order valence-electron chi connectivity index (χ0n) is 10.7. The summed E-state index contributed by atoms with van der Waals surface area (Å²) < 4.78 is 3.72. The Morgan fingerprint density at radius 1 is 1.35 bits per heavy atom. The molecule has 2 aromatic rings. The first-order valence-corrected chi connectivity index (χ1v) is 6.80. The summed E-state index contributed by atoms with van der Waals surface area (Å²) in [4.78, 5) is 23.8. The highest BCUT2D eigenvalue weighted by atomic mass is 32.1. The van der Waals surface area contributed by atoms with Gasteiger partial charge in [0, 0.05) is 0 Å². The van der Waals surface area contributed by atoms with Crippen molar-refractivity contribution in [2.24, 2.45) is 0 Å². The lowest BCUT2D eigenvalue weighted by Gasteiger charge is -2.14. The number of nitrogens with zero attached hydrogens (tertiary/aromatic N) is 2. The Bertz CT molecular complexity index is 612. The van der Waals surface area contributed by atoms with Crippen molar-refractivity contribution in [1.29, 1.82) is 0 Å². The van der Waals surface area contributed by atoms with Gasteiger partial charge in [-0.2, -0.15) is 0 Å². The average molecular weight is 291 g/mol. The number of aryl methyl sites for hydroxylation is 1. The van der Waals surface area contributed by atoms with Gasteiger partial charge in [-0.15, -0.1) is 5.10 Å². The van der Waals surface area contributed by atoms with Crippen molar-refractivity contribution in [3.63, 3.8) is 0 Å². The molecule has 0 radical (unpaired) electrons. The average Bonchev–Trinajstić information content (AvgIpc) is 2.93. The summed E-state index contributed by atoms with van der Waals surface area (Å²) in [7, 11) is 0. The number of amides is 1. The van der Waals surface area contributed by atoms with Crippen LogP contribution in [0.2, 0.25) is 0 Å². The SMILES string of the molecule is CCc1nnsc1C(=O)N[C@H](C(=O)O)c1ccccc1. The van der Waals surface area contributed by atoms with Crippen LogP contribution in [0, 0.1) is 0 Å². The van der Waals surface area contributed by atoms with Crippen molar-refractivity contribution in [1.82, 2.24) is 14.9 Å². The van der Waals surface area contributed by atoms with Gasteiger partial charge in [-0.25, -0.2) is 4.79 Å². The van der Waals surface area contributed by atoms with Gasteiger partial charge in [0.1, 0.15) is 4.88 Å². The van der Waals surface area contributed by atoms with Gasteiger partial charge in [0.05, 0.1) is 5.69 Å². The van der Waals surface area contributed by atoms with E-state index in [2.05, 4.69) is 14.9 Å². The molecule has 1 atom stereocenters. The molecule has 1 aromatic carbocycles. The van der Waals surface area contributed by atoms with Crippen LogP contribution >= 0.6 is 11.5 Å². The molecule has 0 saturated heterocycles. The Labute approximate surface area is 119 Å². The van der Waals surface area contributed by atoms with Gasteiger partial charge >= 0.3 is 5.97 Å². The first-order valence-electron chi connectivity index (χ1n) is 6.03. The van der Waals surface area contributed by atoms with Gasteiger partial charge in [-0.05, 0) is 23.5 Å². The van der Waals surface area contributed by atoms with E-state index < -0.39 is 17.9 Å². The van der Waals surface area contributed by atoms with Crippen LogP contribution in [-0.4, -0.2) is 26.6 Å². The summed E-state index contributed by atoms with van der Waals surface area (Å²) in [6, 6.07) is 7.46. The highest BCUT2D eigenvalue weighted by Crippen LogP contribution is 2.16. The highest BCUT2D eigenvalue weighted by Gasteiger charge is 2.24. The van der Waals surface area contributed by atoms with Crippen molar-refractivity contribution in [3.05, 3.63) is 46.5 Å². The van der Waals surface area contributed by atoms with Gasteiger partial charge in [-0.1, -0.05) is 41.7 Å². The molecule has 0 aliphatic carbocycles. The highest BCUT2D eigenvalue weighted by molar-refractivity contribution is 7.08. The molecule has 1 heterocycles. The van der Waals surface area contributed by atoms with E-state index in [0.717, 1.165) is 11.5 Å². The maximum absolute atomic E-state index is 12.1. The normalized spacial score (nSPS) is 11.8. The molecular weight excluding hydrogens is 278 g/mol. The number of carboxylic acid groups (broad SMARTS) is 1. The van der Waals surface area contributed by atoms with E-state index in [1.807, 2.05) is 6.92 Å². The van der Waals surface area contributed by atoms with Crippen LogP contribution in [0.15, 0.2) is 30.3 Å². The predicted octanol–water partition coefficient (Wildman–Crippen LogP) is 1.66. The van der Waals surface area contributed by atoms with E-state index >= 15 is 0 Å². The minimum Gasteiger partial charge on any atom is -0.479 e. The molecule has 0 spiro atoms. The van der Waals surface area contributed by atoms with Gasteiger partial charge in [0.15, 0.2) is 6.04 Å². The van der Waals surface area contributed by atoms with E-state index in [9.17, 15) is 14.7 Å². The summed E-state index contributed by atoms with van der Waals surface area (Å²) >= 11 is 0.965. The smallest absolute Gasteiger partial charge is 0.330 e. The number of hydrogen-bond acceptors (Lipinski definition) is 5. The standard InChI is InChI=1S/C13H13N3O3S/c1-2-9-11(20-16-15-9)12(17)14-10(13(18)19)8-6-4-3-5-7-8/h3-7,10H,2H2,1H3,(H,14,17)(H,18,19)/t10-/m0/s1. The minimum atomic E-state index is -1.11. The van der Waals surface area contributed by atoms with E-state index in [-0.39, 0.29) is 0 Å². The van der Waals surface area contributed by atoms with Crippen molar-refractivity contribution in [3.8, 4) is 0 Å². The quantitative estimate of drug-likeness (QED) is 0.874. The lowest BCUT2D eigenvalue weighted by Crippen LogP contribution is -2.33. The van der Waals surface area contributed by atoms with E-state index in [1.165, 1.54) is 0 Å². The zero-order valence-corrected chi connectivity index (χ0v) is 11.6. The van der Waals surface area contributed by atoms with Crippen molar-refractivity contribution >= 4 is 23.4 Å². The van der Waals surface area contributed by atoms with E-state index in [1.54, 1.807) is 30.3 Å². The number of carbonyl (C=O) groups is 2. The molecule has 7 heteroatoms. The fourth-order valence-corrected chi connectivity index (χ4v) is 2.40. The molecular formula is C13H13N3O3S. The number of hydrogen-bond donors (Lipinski definition) is 2. The summed E-state index contributed by atoms with van der Waals surface area (Å²) in [5, 5.41) is 15.6. The number of benzene rings is 1.